The van der Waals surface area contributed by atoms with Crippen LogP contribution in [0.25, 0.3) is 10.2 Å². The van der Waals surface area contributed by atoms with Crippen molar-refractivity contribution < 1.29 is 14.3 Å². The molecule has 1 unspecified atom stereocenters. The van der Waals surface area contributed by atoms with Crippen LogP contribution in [0.15, 0.2) is 30.5 Å². The number of benzene rings is 1. The number of piperidine rings is 1. The predicted molar refractivity (Wildman–Crippen MR) is 145 cm³/mol. The summed E-state index contributed by atoms with van der Waals surface area (Å²) in [5.74, 6) is 0.534. The Morgan fingerprint density at radius 3 is 2.68 bits per heavy atom. The van der Waals surface area contributed by atoms with Gasteiger partial charge < -0.3 is 20.7 Å². The van der Waals surface area contributed by atoms with Gasteiger partial charge in [0.1, 0.15) is 5.82 Å². The van der Waals surface area contributed by atoms with Gasteiger partial charge >= 0.3 is 11.8 Å². The first-order valence-electron chi connectivity index (χ1n) is 13.3. The van der Waals surface area contributed by atoms with E-state index in [1.54, 1.807) is 16.2 Å². The average molecular weight is 520 g/mol. The van der Waals surface area contributed by atoms with Crippen molar-refractivity contribution in [3.8, 4) is 0 Å². The van der Waals surface area contributed by atoms with Crippen molar-refractivity contribution in [3.63, 3.8) is 0 Å². The van der Waals surface area contributed by atoms with Crippen molar-refractivity contribution in [3.05, 3.63) is 46.6 Å². The molecule has 8 nitrogen and oxygen atoms in total. The number of fused-ring (bicyclic) bond motifs is 1. The summed E-state index contributed by atoms with van der Waals surface area (Å²) in [5, 5.41) is 3.95. The highest BCUT2D eigenvalue weighted by atomic mass is 32.1. The van der Waals surface area contributed by atoms with Crippen LogP contribution in [0.5, 0.6) is 0 Å². The number of aromatic nitrogens is 2. The summed E-state index contributed by atoms with van der Waals surface area (Å²) >= 11 is 1.76. The molecule has 1 aromatic carbocycles. The molecule has 2 aromatic heterocycles. The molecular formula is C28H33N5O3S. The zero-order valence-electron chi connectivity index (χ0n) is 21.1. The molecule has 194 valence electrons. The third kappa shape index (κ3) is 5.07. The van der Waals surface area contributed by atoms with Gasteiger partial charge in [0.2, 0.25) is 0 Å². The van der Waals surface area contributed by atoms with Crippen LogP contribution < -0.4 is 11.1 Å². The van der Waals surface area contributed by atoms with E-state index in [9.17, 15) is 9.59 Å². The zero-order chi connectivity index (χ0) is 25.5. The van der Waals surface area contributed by atoms with Crippen molar-refractivity contribution in [1.82, 2.24) is 14.9 Å². The molecule has 3 N–H and O–H groups in total. The molecule has 9 heteroatoms. The van der Waals surface area contributed by atoms with Crippen LogP contribution in [0.4, 0.5) is 11.5 Å². The number of hydrogen-bond donors (Lipinski definition) is 2. The number of pyridine rings is 1. The van der Waals surface area contributed by atoms with E-state index in [1.165, 1.54) is 11.2 Å². The fourth-order valence-corrected chi connectivity index (χ4v) is 6.73. The van der Waals surface area contributed by atoms with Crippen LogP contribution in [0.3, 0.4) is 0 Å². The number of anilines is 2. The van der Waals surface area contributed by atoms with E-state index in [2.05, 4.69) is 35.4 Å². The minimum absolute atomic E-state index is 0.154. The highest BCUT2D eigenvalue weighted by molar-refractivity contribution is 7.18. The topological polar surface area (TPSA) is 110 Å². The van der Waals surface area contributed by atoms with Crippen molar-refractivity contribution in [2.45, 2.75) is 63.3 Å². The Morgan fingerprint density at radius 1 is 1.08 bits per heavy atom. The molecule has 0 radical (unpaired) electrons. The molecule has 4 heterocycles. The second-order valence-electron chi connectivity index (χ2n) is 10.7. The number of thiazole rings is 1. The van der Waals surface area contributed by atoms with E-state index in [1.807, 2.05) is 6.07 Å². The average Bonchev–Trinajstić information content (AvgIpc) is 3.67. The normalized spacial score (nSPS) is 22.8. The van der Waals surface area contributed by atoms with Crippen molar-refractivity contribution in [2.75, 3.05) is 30.8 Å². The fourth-order valence-electron chi connectivity index (χ4n) is 5.61. The first-order chi connectivity index (χ1) is 18.0. The number of rotatable bonds is 4. The summed E-state index contributed by atoms with van der Waals surface area (Å²) in [6.07, 6.45) is 7.52. The number of nitrogen functional groups attached to an aromatic ring is 1. The molecule has 3 aliphatic rings. The van der Waals surface area contributed by atoms with Gasteiger partial charge in [0, 0.05) is 25.7 Å². The van der Waals surface area contributed by atoms with Gasteiger partial charge in [-0.15, -0.1) is 11.3 Å². The van der Waals surface area contributed by atoms with E-state index >= 15 is 0 Å². The number of hydrogen-bond acceptors (Lipinski definition) is 7. The Kier molecular flexibility index (Phi) is 6.58. The van der Waals surface area contributed by atoms with E-state index in [0.29, 0.717) is 35.8 Å². The largest absolute Gasteiger partial charge is 0.383 e. The van der Waals surface area contributed by atoms with Crippen molar-refractivity contribution in [1.29, 1.82) is 0 Å². The maximum atomic E-state index is 13.4. The number of nitrogens with one attached hydrogen (secondary N) is 1. The number of nitrogens with two attached hydrogens (primary N) is 1. The zero-order valence-corrected chi connectivity index (χ0v) is 21.9. The van der Waals surface area contributed by atoms with Crippen molar-refractivity contribution in [2.24, 2.45) is 5.92 Å². The minimum Gasteiger partial charge on any atom is -0.383 e. The highest BCUT2D eigenvalue weighted by Crippen LogP contribution is 2.43. The molecule has 2 atom stereocenters. The lowest BCUT2D eigenvalue weighted by Crippen LogP contribution is -2.46. The summed E-state index contributed by atoms with van der Waals surface area (Å²) in [7, 11) is 0. The summed E-state index contributed by atoms with van der Waals surface area (Å²) in [5.41, 5.74) is 9.48. The Hall–Kier alpha value is -3.04. The quantitative estimate of drug-likeness (QED) is 0.470. The Bertz CT molecular complexity index is 1330. The maximum Gasteiger partial charge on any atom is 0.313 e. The molecule has 0 bridgehead atoms. The van der Waals surface area contributed by atoms with Gasteiger partial charge in [-0.2, -0.15) is 0 Å². The summed E-state index contributed by atoms with van der Waals surface area (Å²) in [6, 6.07) is 8.02. The smallest absolute Gasteiger partial charge is 0.313 e. The van der Waals surface area contributed by atoms with Crippen LogP contribution in [0.2, 0.25) is 0 Å². The van der Waals surface area contributed by atoms with Gasteiger partial charge in [-0.3, -0.25) is 9.59 Å². The Labute approximate surface area is 220 Å². The Morgan fingerprint density at radius 2 is 1.89 bits per heavy atom. The SMILES string of the molecule is C[C@H]1CCC(c2ccc3sc(C4CCOCC4)nc3c2)N(C(=O)C(=O)Nc2cnc(N)c(C3CC3)c2)C1. The third-order valence-electron chi connectivity index (χ3n) is 7.88. The predicted octanol–water partition coefficient (Wildman–Crippen LogP) is 4.98. The lowest BCUT2D eigenvalue weighted by molar-refractivity contribution is -0.146. The molecule has 37 heavy (non-hydrogen) atoms. The van der Waals surface area contributed by atoms with Gasteiger partial charge in [-0.25, -0.2) is 9.97 Å². The third-order valence-corrected chi connectivity index (χ3v) is 9.08. The van der Waals surface area contributed by atoms with Gasteiger partial charge in [-0.05, 0) is 79.7 Å². The molecule has 6 rings (SSSR count). The molecule has 1 saturated carbocycles. The maximum absolute atomic E-state index is 13.4. The number of amides is 2. The summed E-state index contributed by atoms with van der Waals surface area (Å²) in [6.45, 7) is 4.26. The molecule has 2 saturated heterocycles. The fraction of sp³-hybridized carbons (Fsp3) is 0.500. The van der Waals surface area contributed by atoms with E-state index < -0.39 is 11.8 Å². The summed E-state index contributed by atoms with van der Waals surface area (Å²) < 4.78 is 6.67. The standard InChI is InChI=1S/C28H33N5O3S/c1-16-2-6-23(19-5-7-24-22(12-19)32-27(37-24)18-8-10-36-11-9-18)33(15-16)28(35)26(34)31-20-13-21(17-3-4-17)25(29)30-14-20/h5,7,12-14,16-18,23H,2-4,6,8-11,15H2,1H3,(H2,29,30)(H,31,34)/t16-,23?/m0/s1. The van der Waals surface area contributed by atoms with Crippen molar-refractivity contribution >= 4 is 44.9 Å². The highest BCUT2D eigenvalue weighted by Gasteiger charge is 2.35. The molecule has 3 fully saturated rings. The second-order valence-corrected chi connectivity index (χ2v) is 11.8. The van der Waals surface area contributed by atoms with Gasteiger partial charge in [0.25, 0.3) is 0 Å². The molecule has 3 aromatic rings. The lowest BCUT2D eigenvalue weighted by atomic mass is 9.89. The van der Waals surface area contributed by atoms with Crippen LogP contribution in [0, 0.1) is 5.92 Å². The van der Waals surface area contributed by atoms with Crippen LogP contribution in [0.1, 0.15) is 79.5 Å². The molecular weight excluding hydrogens is 486 g/mol. The van der Waals surface area contributed by atoms with E-state index in [0.717, 1.165) is 73.1 Å². The monoisotopic (exact) mass is 519 g/mol. The first-order valence-corrected chi connectivity index (χ1v) is 14.1. The number of ether oxygens (including phenoxy) is 1. The van der Waals surface area contributed by atoms with Gasteiger partial charge in [0.15, 0.2) is 0 Å². The van der Waals surface area contributed by atoms with Gasteiger partial charge in [-0.1, -0.05) is 13.0 Å². The Balaban J connectivity index is 1.22. The second kappa shape index (κ2) is 10.0. The van der Waals surface area contributed by atoms with Crippen LogP contribution in [-0.2, 0) is 14.3 Å². The lowest BCUT2D eigenvalue weighted by Gasteiger charge is -2.38. The number of likely N-dealkylation sites (tertiary alicyclic amines) is 1. The molecule has 2 amide bonds. The minimum atomic E-state index is -0.635. The number of nitrogens with zero attached hydrogens (tertiary/aromatic N) is 3. The van der Waals surface area contributed by atoms with Crippen LogP contribution >= 0.6 is 11.3 Å². The molecule has 1 aliphatic carbocycles. The van der Waals surface area contributed by atoms with Crippen LogP contribution in [-0.4, -0.2) is 46.4 Å². The van der Waals surface area contributed by atoms with E-state index in [4.69, 9.17) is 15.5 Å². The molecule has 2 aliphatic heterocycles. The van der Waals surface area contributed by atoms with Gasteiger partial charge in [0.05, 0.1) is 33.2 Å². The number of carbonyl (C=O) groups excluding carboxylic acids is 2. The van der Waals surface area contributed by atoms with E-state index in [-0.39, 0.29) is 6.04 Å². The molecule has 0 spiro atoms. The number of carbonyl (C=O) groups is 2. The first kappa shape index (κ1) is 24.3. The summed E-state index contributed by atoms with van der Waals surface area (Å²) in [4.78, 5) is 37.5.